The minimum atomic E-state index is -0.266. The summed E-state index contributed by atoms with van der Waals surface area (Å²) in [6, 6.07) is 17.4. The molecule has 0 spiro atoms. The van der Waals surface area contributed by atoms with Gasteiger partial charge in [-0.25, -0.2) is 4.79 Å². The Morgan fingerprint density at radius 3 is 2.16 bits per heavy atom. The number of carbonyl (C=O) groups excluding carboxylic acids is 1. The van der Waals surface area contributed by atoms with Crippen LogP contribution < -0.4 is 4.74 Å². The van der Waals surface area contributed by atoms with E-state index in [0.29, 0.717) is 18.8 Å². The molecule has 0 radical (unpaired) electrons. The topological polar surface area (TPSA) is 35.5 Å². The van der Waals surface area contributed by atoms with E-state index in [-0.39, 0.29) is 5.97 Å². The van der Waals surface area contributed by atoms with Gasteiger partial charge in [-0.2, -0.15) is 0 Å². The van der Waals surface area contributed by atoms with Crippen LogP contribution in [0.4, 0.5) is 0 Å². The molecule has 0 saturated heterocycles. The molecule has 0 N–H and O–H groups in total. The van der Waals surface area contributed by atoms with Crippen LogP contribution in [0.2, 0.25) is 0 Å². The summed E-state index contributed by atoms with van der Waals surface area (Å²) < 4.78 is 10.6. The van der Waals surface area contributed by atoms with Crippen molar-refractivity contribution in [1.29, 1.82) is 0 Å². The highest BCUT2D eigenvalue weighted by atomic mass is 32.2. The quantitative estimate of drug-likeness (QED) is 0.171. The molecule has 0 bridgehead atoms. The number of hydrogen-bond acceptors (Lipinski definition) is 4. The lowest BCUT2D eigenvalue weighted by Gasteiger charge is -2.03. The summed E-state index contributed by atoms with van der Waals surface area (Å²) in [5, 5.41) is 0. The van der Waals surface area contributed by atoms with Crippen molar-refractivity contribution >= 4 is 17.7 Å². The van der Waals surface area contributed by atoms with E-state index < -0.39 is 0 Å². The van der Waals surface area contributed by atoms with Crippen molar-refractivity contribution in [3.05, 3.63) is 109 Å². The first-order chi connectivity index (χ1) is 15.8. The molecular weight excluding hydrogens is 416 g/mol. The van der Waals surface area contributed by atoms with Crippen molar-refractivity contribution in [1.82, 2.24) is 0 Å². The van der Waals surface area contributed by atoms with Crippen molar-refractivity contribution in [3.63, 3.8) is 0 Å². The number of para-hydroxylation sites is 1. The van der Waals surface area contributed by atoms with Crippen LogP contribution in [0.15, 0.2) is 108 Å². The smallest absolute Gasteiger partial charge is 0.338 e. The minimum absolute atomic E-state index is 0.266. The Morgan fingerprint density at radius 2 is 1.47 bits per heavy atom. The monoisotopic (exact) mass is 448 g/mol. The Labute approximate surface area is 196 Å². The second-order valence-corrected chi connectivity index (χ2v) is 7.87. The van der Waals surface area contributed by atoms with E-state index in [1.54, 1.807) is 17.8 Å². The molecule has 168 valence electrons. The molecule has 0 aliphatic carbocycles. The van der Waals surface area contributed by atoms with Crippen LogP contribution in [-0.2, 0) is 4.74 Å². The van der Waals surface area contributed by atoms with E-state index in [1.807, 2.05) is 61.5 Å². The molecule has 2 rings (SSSR count). The van der Waals surface area contributed by atoms with E-state index in [2.05, 4.69) is 42.5 Å². The largest absolute Gasteiger partial charge is 0.490 e. The molecular formula is C28H32O3S. The molecule has 0 aliphatic heterocycles. The van der Waals surface area contributed by atoms with Gasteiger partial charge in [-0.3, -0.25) is 0 Å². The molecule has 0 fully saturated rings. The van der Waals surface area contributed by atoms with Gasteiger partial charge in [0, 0.05) is 10.6 Å². The van der Waals surface area contributed by atoms with E-state index in [0.717, 1.165) is 35.7 Å². The molecule has 0 aromatic heterocycles. The molecule has 0 heterocycles. The maximum Gasteiger partial charge on any atom is 0.338 e. The Kier molecular flexibility index (Phi) is 13.2. The summed E-state index contributed by atoms with van der Waals surface area (Å²) in [6.45, 7) is 2.80. The van der Waals surface area contributed by atoms with Gasteiger partial charge >= 0.3 is 5.97 Å². The van der Waals surface area contributed by atoms with Crippen LogP contribution in [0.5, 0.6) is 5.75 Å². The van der Waals surface area contributed by atoms with E-state index in [4.69, 9.17) is 9.47 Å². The van der Waals surface area contributed by atoms with Crippen molar-refractivity contribution in [2.24, 2.45) is 0 Å². The van der Waals surface area contributed by atoms with Gasteiger partial charge in [-0.05, 0) is 56.5 Å². The number of benzene rings is 2. The lowest BCUT2D eigenvalue weighted by atomic mass is 10.2. The predicted molar refractivity (Wildman–Crippen MR) is 135 cm³/mol. The summed E-state index contributed by atoms with van der Waals surface area (Å²) in [5.74, 6) is 1.51. The van der Waals surface area contributed by atoms with Crippen LogP contribution in [0.3, 0.4) is 0 Å². The first kappa shape index (κ1) is 25.3. The van der Waals surface area contributed by atoms with Crippen LogP contribution >= 0.6 is 11.8 Å². The van der Waals surface area contributed by atoms with Crippen LogP contribution in [0, 0.1) is 0 Å². The normalized spacial score (nSPS) is 11.8. The SMILES string of the molecule is CCOC(=O)c1cccc(SCC=CCC=CCC=CCC=CCOc2ccccc2)c1. The fourth-order valence-electron chi connectivity index (χ4n) is 2.68. The van der Waals surface area contributed by atoms with Crippen molar-refractivity contribution in [3.8, 4) is 5.75 Å². The summed E-state index contributed by atoms with van der Waals surface area (Å²) in [4.78, 5) is 12.9. The molecule has 2 aromatic carbocycles. The average Bonchev–Trinajstić information content (AvgIpc) is 2.82. The lowest BCUT2D eigenvalue weighted by molar-refractivity contribution is 0.0526. The standard InChI is InChI=1S/C28H32O3S/c1-2-30-28(29)25-18-17-21-27(24-25)32-23-16-11-9-7-5-3-4-6-8-10-15-22-31-26-19-13-12-14-20-26/h4-7,10-21,24H,2-3,8-9,22-23H2,1H3. The van der Waals surface area contributed by atoms with Gasteiger partial charge in [-0.15, -0.1) is 11.8 Å². The average molecular weight is 449 g/mol. The first-order valence-corrected chi connectivity index (χ1v) is 12.0. The van der Waals surface area contributed by atoms with Gasteiger partial charge in [0.2, 0.25) is 0 Å². The van der Waals surface area contributed by atoms with Gasteiger partial charge < -0.3 is 9.47 Å². The summed E-state index contributed by atoms with van der Waals surface area (Å²) in [6.07, 6.45) is 20.0. The van der Waals surface area contributed by atoms with Gasteiger partial charge in [-0.1, -0.05) is 72.9 Å². The number of esters is 1. The van der Waals surface area contributed by atoms with Crippen molar-refractivity contribution in [2.75, 3.05) is 19.0 Å². The highest BCUT2D eigenvalue weighted by Gasteiger charge is 2.06. The molecule has 3 nitrogen and oxygen atoms in total. The highest BCUT2D eigenvalue weighted by molar-refractivity contribution is 7.99. The zero-order chi connectivity index (χ0) is 22.7. The van der Waals surface area contributed by atoms with Gasteiger partial charge in [0.15, 0.2) is 0 Å². The molecule has 0 unspecified atom stereocenters. The summed E-state index contributed by atoms with van der Waals surface area (Å²) >= 11 is 1.71. The van der Waals surface area contributed by atoms with E-state index in [1.165, 1.54) is 0 Å². The zero-order valence-corrected chi connectivity index (χ0v) is 19.5. The lowest BCUT2D eigenvalue weighted by Crippen LogP contribution is -2.04. The minimum Gasteiger partial charge on any atom is -0.490 e. The second kappa shape index (κ2) is 16.7. The highest BCUT2D eigenvalue weighted by Crippen LogP contribution is 2.19. The molecule has 0 aliphatic rings. The van der Waals surface area contributed by atoms with Gasteiger partial charge in [0.1, 0.15) is 12.4 Å². The molecule has 0 atom stereocenters. The number of carbonyl (C=O) groups is 1. The van der Waals surface area contributed by atoms with Gasteiger partial charge in [0.05, 0.1) is 12.2 Å². The fraction of sp³-hybridized carbons (Fsp3) is 0.250. The van der Waals surface area contributed by atoms with E-state index in [9.17, 15) is 4.79 Å². The fourth-order valence-corrected chi connectivity index (χ4v) is 3.49. The van der Waals surface area contributed by atoms with Crippen LogP contribution in [0.1, 0.15) is 36.5 Å². The summed E-state index contributed by atoms with van der Waals surface area (Å²) in [5.41, 5.74) is 0.604. The third-order valence-corrected chi connectivity index (χ3v) is 5.21. The first-order valence-electron chi connectivity index (χ1n) is 11.0. The zero-order valence-electron chi connectivity index (χ0n) is 18.7. The van der Waals surface area contributed by atoms with Crippen LogP contribution in [0.25, 0.3) is 0 Å². The number of ether oxygens (including phenoxy) is 2. The molecule has 0 amide bonds. The third kappa shape index (κ3) is 11.4. The maximum absolute atomic E-state index is 11.8. The van der Waals surface area contributed by atoms with Crippen LogP contribution in [-0.4, -0.2) is 24.9 Å². The number of thioether (sulfide) groups is 1. The molecule has 32 heavy (non-hydrogen) atoms. The third-order valence-electron chi connectivity index (χ3n) is 4.26. The Morgan fingerprint density at radius 1 is 0.812 bits per heavy atom. The maximum atomic E-state index is 11.8. The molecule has 4 heteroatoms. The number of hydrogen-bond donors (Lipinski definition) is 0. The van der Waals surface area contributed by atoms with Crippen molar-refractivity contribution < 1.29 is 14.3 Å². The molecule has 2 aromatic rings. The number of rotatable bonds is 14. The van der Waals surface area contributed by atoms with E-state index >= 15 is 0 Å². The Hall–Kier alpha value is -2.98. The molecule has 0 saturated carbocycles. The van der Waals surface area contributed by atoms with Gasteiger partial charge in [0.25, 0.3) is 0 Å². The Balaban J connectivity index is 1.51. The Bertz CT molecular complexity index is 898. The second-order valence-electron chi connectivity index (χ2n) is 6.78. The number of allylic oxidation sites excluding steroid dienone is 6. The summed E-state index contributed by atoms with van der Waals surface area (Å²) in [7, 11) is 0. The van der Waals surface area contributed by atoms with Crippen molar-refractivity contribution in [2.45, 2.75) is 31.1 Å². The predicted octanol–water partition coefficient (Wildman–Crippen LogP) is 7.43.